The molecule has 0 aliphatic carbocycles. The fourth-order valence-corrected chi connectivity index (χ4v) is 6.00. The minimum absolute atomic E-state index is 0.175. The molecule has 3 heterocycles. The smallest absolute Gasteiger partial charge is 0.333 e. The van der Waals surface area contributed by atoms with E-state index in [0.717, 1.165) is 53.8 Å². The van der Waals surface area contributed by atoms with Gasteiger partial charge in [0.05, 0.1) is 16.7 Å². The highest BCUT2D eigenvalue weighted by Gasteiger charge is 2.29. The Balaban J connectivity index is 1.35. The number of anilines is 1. The molecule has 0 saturated carbocycles. The van der Waals surface area contributed by atoms with Gasteiger partial charge in [0.15, 0.2) is 6.29 Å². The predicted molar refractivity (Wildman–Crippen MR) is 171 cm³/mol. The van der Waals surface area contributed by atoms with Crippen LogP contribution in [0.4, 0.5) is 5.69 Å². The topological polar surface area (TPSA) is 80.0 Å². The van der Waals surface area contributed by atoms with E-state index in [1.807, 2.05) is 85.9 Å². The number of fused-ring (bicyclic) bond motifs is 1. The van der Waals surface area contributed by atoms with E-state index >= 15 is 0 Å². The van der Waals surface area contributed by atoms with Gasteiger partial charge in [-0.3, -0.25) is 9.13 Å². The molecule has 1 aliphatic heterocycles. The highest BCUT2D eigenvalue weighted by Crippen LogP contribution is 2.34. The van der Waals surface area contributed by atoms with E-state index in [9.17, 15) is 4.79 Å². The van der Waals surface area contributed by atoms with Gasteiger partial charge < -0.3 is 23.8 Å². The number of nitrogens with zero attached hydrogens (tertiary/aromatic N) is 4. The zero-order chi connectivity index (χ0) is 30.5. The molecule has 3 aromatic carbocycles. The van der Waals surface area contributed by atoms with E-state index in [1.54, 1.807) is 29.4 Å². The fourth-order valence-electron chi connectivity index (χ4n) is 6.00. The molecule has 228 valence electrons. The lowest BCUT2D eigenvalue weighted by Gasteiger charge is -2.36. The zero-order valence-electron chi connectivity index (χ0n) is 25.4. The van der Waals surface area contributed by atoms with Gasteiger partial charge in [0.25, 0.3) is 0 Å². The Labute approximate surface area is 257 Å². The maximum atomic E-state index is 13.9. The molecule has 0 radical (unpaired) electrons. The van der Waals surface area contributed by atoms with Gasteiger partial charge in [-0.15, -0.1) is 0 Å². The van der Waals surface area contributed by atoms with Crippen LogP contribution in [0.1, 0.15) is 24.0 Å². The lowest BCUT2D eigenvalue weighted by molar-refractivity contribution is -0.141. The van der Waals surface area contributed by atoms with Crippen LogP contribution in [0.5, 0.6) is 11.8 Å². The summed E-state index contributed by atoms with van der Waals surface area (Å²) in [4.78, 5) is 21.0. The second-order valence-electron chi connectivity index (χ2n) is 11.0. The van der Waals surface area contributed by atoms with Crippen molar-refractivity contribution in [2.45, 2.75) is 32.3 Å². The molecule has 0 spiro atoms. The molecule has 0 unspecified atom stereocenters. The third-order valence-electron chi connectivity index (χ3n) is 8.28. The van der Waals surface area contributed by atoms with Crippen molar-refractivity contribution in [3.8, 4) is 17.4 Å². The largest absolute Gasteiger partial charge is 0.473 e. The molecular formula is C35H38N4O5. The third kappa shape index (κ3) is 6.06. The Morgan fingerprint density at radius 1 is 0.773 bits per heavy atom. The summed E-state index contributed by atoms with van der Waals surface area (Å²) in [5.41, 5.74) is 5.08. The van der Waals surface area contributed by atoms with Crippen molar-refractivity contribution in [3.63, 3.8) is 0 Å². The van der Waals surface area contributed by atoms with E-state index in [0.29, 0.717) is 36.6 Å². The molecule has 2 aromatic heterocycles. The second-order valence-corrected chi connectivity index (χ2v) is 11.0. The molecule has 6 rings (SSSR count). The number of benzene rings is 3. The number of hydrogen-bond acceptors (Lipinski definition) is 7. The van der Waals surface area contributed by atoms with E-state index in [-0.39, 0.29) is 12.0 Å². The SMILES string of the molecule is COC(OC)C1CCN(c2cccc3c2n(C)c(=O)n3-c2ccc(OCc3ccccc3)nc2OCc2ccccc2)CC1. The van der Waals surface area contributed by atoms with Crippen LogP contribution in [0.25, 0.3) is 16.7 Å². The molecule has 0 N–H and O–H groups in total. The molecule has 9 heteroatoms. The summed E-state index contributed by atoms with van der Waals surface area (Å²) in [5, 5.41) is 0. The highest BCUT2D eigenvalue weighted by atomic mass is 16.7. The van der Waals surface area contributed by atoms with E-state index < -0.39 is 0 Å². The van der Waals surface area contributed by atoms with Gasteiger partial charge >= 0.3 is 5.69 Å². The average Bonchev–Trinajstić information content (AvgIpc) is 3.33. The van der Waals surface area contributed by atoms with Gasteiger partial charge in [-0.1, -0.05) is 66.7 Å². The summed E-state index contributed by atoms with van der Waals surface area (Å²) >= 11 is 0. The quantitative estimate of drug-likeness (QED) is 0.181. The van der Waals surface area contributed by atoms with Crippen LogP contribution in [0.2, 0.25) is 0 Å². The summed E-state index contributed by atoms with van der Waals surface area (Å²) in [5.74, 6) is 1.07. The van der Waals surface area contributed by atoms with Crippen LogP contribution in [0.3, 0.4) is 0 Å². The van der Waals surface area contributed by atoms with Crippen molar-refractivity contribution in [3.05, 3.63) is 113 Å². The Morgan fingerprint density at radius 3 is 2.05 bits per heavy atom. The third-order valence-corrected chi connectivity index (χ3v) is 8.28. The fraction of sp³-hybridized carbons (Fsp3) is 0.314. The first-order valence-corrected chi connectivity index (χ1v) is 14.9. The number of pyridine rings is 1. The Morgan fingerprint density at radius 2 is 1.41 bits per heavy atom. The summed E-state index contributed by atoms with van der Waals surface area (Å²) in [7, 11) is 5.20. The molecule has 1 aliphatic rings. The van der Waals surface area contributed by atoms with Gasteiger partial charge in [-0.05, 0) is 42.2 Å². The predicted octanol–water partition coefficient (Wildman–Crippen LogP) is 5.72. The van der Waals surface area contributed by atoms with Crippen molar-refractivity contribution in [1.29, 1.82) is 0 Å². The van der Waals surface area contributed by atoms with E-state index in [4.69, 9.17) is 23.9 Å². The van der Waals surface area contributed by atoms with Gasteiger partial charge in [0.1, 0.15) is 18.9 Å². The van der Waals surface area contributed by atoms with Crippen molar-refractivity contribution >= 4 is 16.7 Å². The maximum Gasteiger partial charge on any atom is 0.333 e. The number of ether oxygens (including phenoxy) is 4. The number of aromatic nitrogens is 3. The lowest BCUT2D eigenvalue weighted by atomic mass is 9.95. The number of imidazole rings is 1. The minimum atomic E-state index is -0.208. The number of rotatable bonds is 11. The number of aryl methyl sites for hydroxylation is 1. The molecule has 1 saturated heterocycles. The van der Waals surface area contributed by atoms with Crippen molar-refractivity contribution < 1.29 is 18.9 Å². The Bertz CT molecular complexity index is 1740. The first kappa shape index (κ1) is 29.5. The maximum absolute atomic E-state index is 13.9. The van der Waals surface area contributed by atoms with Crippen LogP contribution < -0.4 is 20.1 Å². The normalized spacial score (nSPS) is 14.0. The lowest BCUT2D eigenvalue weighted by Crippen LogP contribution is -2.39. The van der Waals surface area contributed by atoms with E-state index in [1.165, 1.54) is 0 Å². The first-order valence-electron chi connectivity index (χ1n) is 14.9. The summed E-state index contributed by atoms with van der Waals surface area (Å²) in [6.07, 6.45) is 1.66. The number of para-hydroxylation sites is 1. The van der Waals surface area contributed by atoms with Crippen molar-refractivity contribution in [2.75, 3.05) is 32.2 Å². The van der Waals surface area contributed by atoms with Gasteiger partial charge in [0, 0.05) is 46.3 Å². The highest BCUT2D eigenvalue weighted by molar-refractivity contribution is 5.91. The summed E-state index contributed by atoms with van der Waals surface area (Å²) in [6, 6.07) is 29.5. The Hall–Kier alpha value is -4.60. The van der Waals surface area contributed by atoms with Crippen LogP contribution >= 0.6 is 0 Å². The number of piperidine rings is 1. The van der Waals surface area contributed by atoms with Crippen molar-refractivity contribution in [1.82, 2.24) is 14.1 Å². The molecule has 44 heavy (non-hydrogen) atoms. The van der Waals surface area contributed by atoms with E-state index in [2.05, 4.69) is 11.0 Å². The summed E-state index contributed by atoms with van der Waals surface area (Å²) < 4.78 is 26.8. The molecule has 1 fully saturated rings. The van der Waals surface area contributed by atoms with Crippen LogP contribution in [0.15, 0.2) is 95.8 Å². The minimum Gasteiger partial charge on any atom is -0.473 e. The average molecular weight is 595 g/mol. The molecule has 9 nitrogen and oxygen atoms in total. The van der Waals surface area contributed by atoms with Crippen LogP contribution in [0, 0.1) is 5.92 Å². The van der Waals surface area contributed by atoms with Gasteiger partial charge in [0.2, 0.25) is 11.8 Å². The monoisotopic (exact) mass is 594 g/mol. The second kappa shape index (κ2) is 13.4. The van der Waals surface area contributed by atoms with Gasteiger partial charge in [-0.25, -0.2) is 4.79 Å². The van der Waals surface area contributed by atoms with Crippen molar-refractivity contribution in [2.24, 2.45) is 13.0 Å². The number of hydrogen-bond donors (Lipinski definition) is 0. The molecular weight excluding hydrogens is 556 g/mol. The van der Waals surface area contributed by atoms with Gasteiger partial charge in [-0.2, -0.15) is 4.98 Å². The first-order chi connectivity index (χ1) is 21.6. The molecule has 5 aromatic rings. The zero-order valence-corrected chi connectivity index (χ0v) is 25.4. The molecule has 0 amide bonds. The molecule has 0 bridgehead atoms. The van der Waals surface area contributed by atoms with Crippen LogP contribution in [-0.2, 0) is 29.7 Å². The molecule has 0 atom stereocenters. The summed E-state index contributed by atoms with van der Waals surface area (Å²) in [6.45, 7) is 2.35. The Kier molecular flexibility index (Phi) is 8.95. The number of methoxy groups -OCH3 is 2. The van der Waals surface area contributed by atoms with Crippen LogP contribution in [-0.4, -0.2) is 47.7 Å². The standard InChI is InChI=1S/C35H38N4O5/c1-37-32-28(38-21-19-27(20-22-38)34(41-2)42-3)15-10-16-29(32)39(35(37)40)30-17-18-31(43-23-25-11-6-4-7-12-25)36-33(30)44-24-26-13-8-5-9-14-26/h4-18,27,34H,19-24H2,1-3H3.